The third kappa shape index (κ3) is 6.30. The van der Waals surface area contributed by atoms with Gasteiger partial charge >= 0.3 is 5.97 Å². The van der Waals surface area contributed by atoms with Gasteiger partial charge in [-0.25, -0.2) is 0 Å². The van der Waals surface area contributed by atoms with Crippen LogP contribution in [0.4, 0.5) is 0 Å². The van der Waals surface area contributed by atoms with E-state index in [1.165, 1.54) is 0 Å². The van der Waals surface area contributed by atoms with Crippen LogP contribution in [0.1, 0.15) is 64.7 Å². The van der Waals surface area contributed by atoms with Crippen LogP contribution in [0.15, 0.2) is 25.3 Å². The third-order valence-electron chi connectivity index (χ3n) is 7.84. The van der Waals surface area contributed by atoms with Crippen LogP contribution in [0.5, 0.6) is 0 Å². The molecule has 2 bridgehead atoms. The highest BCUT2D eigenvalue weighted by molar-refractivity contribution is 9.09. The normalized spacial score (nSPS) is 29.9. The number of alkyl halides is 1. The molecule has 3 saturated heterocycles. The summed E-state index contributed by atoms with van der Waals surface area (Å²) in [6.45, 7) is 11.6. The number of nitrogens with zero attached hydrogens (tertiary/aromatic N) is 2. The van der Waals surface area contributed by atoms with Crippen molar-refractivity contribution in [3.63, 3.8) is 0 Å². The number of ether oxygens (including phenoxy) is 1. The van der Waals surface area contributed by atoms with E-state index in [2.05, 4.69) is 36.0 Å². The van der Waals surface area contributed by atoms with Crippen LogP contribution in [0.2, 0.25) is 0 Å². The number of amides is 2. The molecule has 0 aromatic heterocycles. The first-order valence-electron chi connectivity index (χ1n) is 13.8. The Balaban J connectivity index is 1.91. The van der Waals surface area contributed by atoms with Gasteiger partial charge in [0, 0.05) is 36.3 Å². The van der Waals surface area contributed by atoms with Gasteiger partial charge in [0.05, 0.1) is 23.2 Å². The molecule has 1 N–H and O–H groups in total. The van der Waals surface area contributed by atoms with Gasteiger partial charge in [0.2, 0.25) is 11.8 Å². The average Bonchev–Trinajstić information content (AvgIpc) is 3.47. The maximum absolute atomic E-state index is 14.2. The molecule has 0 aromatic carbocycles. The number of likely N-dealkylation sites (tertiary alicyclic amines) is 1. The van der Waals surface area contributed by atoms with E-state index in [0.29, 0.717) is 51.9 Å². The first kappa shape index (κ1) is 30.2. The van der Waals surface area contributed by atoms with E-state index >= 15 is 0 Å². The van der Waals surface area contributed by atoms with E-state index in [1.807, 2.05) is 4.90 Å². The summed E-state index contributed by atoms with van der Waals surface area (Å²) in [5.74, 6) is -1.59. The number of hydrogen-bond acceptors (Lipinski definition) is 6. The monoisotopic (exact) mass is 598 g/mol. The Morgan fingerprint density at radius 1 is 1.22 bits per heavy atom. The minimum Gasteiger partial charge on any atom is -0.465 e. The smallest absolute Gasteiger partial charge is 0.310 e. The minimum absolute atomic E-state index is 0.0323. The summed E-state index contributed by atoms with van der Waals surface area (Å²) in [6, 6.07) is -0.616. The van der Waals surface area contributed by atoms with Gasteiger partial charge < -0.3 is 19.6 Å². The van der Waals surface area contributed by atoms with Crippen LogP contribution in [0.25, 0.3) is 0 Å². The first-order chi connectivity index (χ1) is 17.9. The number of aliphatic hydroxyl groups excluding tert-OH is 1. The van der Waals surface area contributed by atoms with Crippen LogP contribution < -0.4 is 0 Å². The molecule has 3 unspecified atom stereocenters. The molecule has 3 fully saturated rings. The SMILES string of the molecule is C=CCCCOC(=O)[C@H]1[C@H]2C(=O)N(CCCCCO)C(C(=O)N(CC=C)CCCCC)C23CC(Br)[C@@H]1S3. The van der Waals surface area contributed by atoms with Gasteiger partial charge in [-0.2, -0.15) is 0 Å². The van der Waals surface area contributed by atoms with Crippen molar-refractivity contribution >= 4 is 45.5 Å². The summed E-state index contributed by atoms with van der Waals surface area (Å²) in [5, 5.41) is 9.12. The zero-order valence-electron chi connectivity index (χ0n) is 22.1. The van der Waals surface area contributed by atoms with Crippen molar-refractivity contribution in [2.45, 2.75) is 85.6 Å². The Labute approximate surface area is 234 Å². The van der Waals surface area contributed by atoms with Crippen molar-refractivity contribution in [1.29, 1.82) is 0 Å². The molecule has 2 amide bonds. The van der Waals surface area contributed by atoms with Gasteiger partial charge in [0.1, 0.15) is 6.04 Å². The molecule has 37 heavy (non-hydrogen) atoms. The third-order valence-corrected chi connectivity index (χ3v) is 11.1. The van der Waals surface area contributed by atoms with Crippen molar-refractivity contribution in [3.8, 4) is 0 Å². The summed E-state index contributed by atoms with van der Waals surface area (Å²) < 4.78 is 5.00. The minimum atomic E-state index is -0.654. The van der Waals surface area contributed by atoms with E-state index in [9.17, 15) is 19.5 Å². The first-order valence-corrected chi connectivity index (χ1v) is 15.6. The van der Waals surface area contributed by atoms with Gasteiger partial charge in [0.15, 0.2) is 0 Å². The van der Waals surface area contributed by atoms with Crippen LogP contribution in [-0.2, 0) is 19.1 Å². The molecular weight excluding hydrogens is 556 g/mol. The lowest BCUT2D eigenvalue weighted by Crippen LogP contribution is -2.55. The number of fused-ring (bicyclic) bond motifs is 1. The Kier molecular flexibility index (Phi) is 11.6. The van der Waals surface area contributed by atoms with Crippen molar-refractivity contribution < 1.29 is 24.2 Å². The quantitative estimate of drug-likeness (QED) is 0.116. The lowest BCUT2D eigenvalue weighted by atomic mass is 9.71. The fourth-order valence-corrected chi connectivity index (χ4v) is 9.75. The highest BCUT2D eigenvalue weighted by Gasteiger charge is 2.76. The fourth-order valence-electron chi connectivity index (χ4n) is 6.16. The number of rotatable bonds is 17. The largest absolute Gasteiger partial charge is 0.465 e. The second-order valence-corrected chi connectivity index (χ2v) is 13.1. The number of hydrogen-bond donors (Lipinski definition) is 1. The molecule has 0 radical (unpaired) electrons. The van der Waals surface area contributed by atoms with Gasteiger partial charge in [0.25, 0.3) is 0 Å². The molecule has 0 aliphatic carbocycles. The van der Waals surface area contributed by atoms with E-state index in [-0.39, 0.29) is 34.5 Å². The van der Waals surface area contributed by atoms with Crippen LogP contribution in [0, 0.1) is 11.8 Å². The van der Waals surface area contributed by atoms with E-state index in [0.717, 1.165) is 32.1 Å². The molecule has 7 nitrogen and oxygen atoms in total. The number of carbonyl (C=O) groups is 3. The highest BCUT2D eigenvalue weighted by Crippen LogP contribution is 2.68. The molecule has 1 spiro atoms. The highest BCUT2D eigenvalue weighted by atomic mass is 79.9. The van der Waals surface area contributed by atoms with Crippen molar-refractivity contribution in [1.82, 2.24) is 9.80 Å². The Bertz CT molecular complexity index is 841. The van der Waals surface area contributed by atoms with Crippen molar-refractivity contribution in [2.24, 2.45) is 11.8 Å². The Morgan fingerprint density at radius 3 is 2.68 bits per heavy atom. The maximum atomic E-state index is 14.2. The zero-order valence-corrected chi connectivity index (χ0v) is 24.5. The number of thioether (sulfide) groups is 1. The molecular formula is C28H43BrN2O5S. The van der Waals surface area contributed by atoms with Gasteiger partial charge in [-0.15, -0.1) is 24.9 Å². The lowest BCUT2D eigenvalue weighted by Gasteiger charge is -2.38. The average molecular weight is 600 g/mol. The molecule has 208 valence electrons. The van der Waals surface area contributed by atoms with Crippen LogP contribution in [-0.4, -0.2) is 86.4 Å². The Hall–Kier alpha value is -1.32. The molecule has 3 heterocycles. The lowest BCUT2D eigenvalue weighted by molar-refractivity contribution is -0.154. The molecule has 9 heteroatoms. The molecule has 0 aromatic rings. The molecule has 3 rings (SSSR count). The summed E-state index contributed by atoms with van der Waals surface area (Å²) in [5.41, 5.74) is 0. The van der Waals surface area contributed by atoms with Gasteiger partial charge in [-0.05, 0) is 44.9 Å². The van der Waals surface area contributed by atoms with Crippen molar-refractivity contribution in [3.05, 3.63) is 25.3 Å². The zero-order chi connectivity index (χ0) is 27.0. The van der Waals surface area contributed by atoms with Gasteiger partial charge in [-0.1, -0.05) is 47.8 Å². The van der Waals surface area contributed by atoms with Crippen molar-refractivity contribution in [2.75, 3.05) is 32.8 Å². The van der Waals surface area contributed by atoms with Crippen LogP contribution >= 0.6 is 27.7 Å². The predicted molar refractivity (Wildman–Crippen MR) is 152 cm³/mol. The standard InChI is InChI=1S/C28H43BrN2O5S/c1-4-7-10-15-30(14-6-3)26(34)24-28-19-20(29)23(37-28)21(27(35)36-18-13-8-5-2)22(28)25(33)31(24)16-11-9-12-17-32/h5-6,20-24,32H,2-4,7-19H2,1H3/t20?,21-,22-,23-,24?,28?/m0/s1. The molecule has 0 saturated carbocycles. The number of aliphatic hydroxyl groups is 1. The molecule has 3 aliphatic rings. The van der Waals surface area contributed by atoms with Gasteiger partial charge in [-0.3, -0.25) is 14.4 Å². The Morgan fingerprint density at radius 2 is 2.00 bits per heavy atom. The summed E-state index contributed by atoms with van der Waals surface area (Å²) in [4.78, 5) is 45.2. The van der Waals surface area contributed by atoms with E-state index < -0.39 is 22.6 Å². The van der Waals surface area contributed by atoms with E-state index in [1.54, 1.807) is 28.8 Å². The maximum Gasteiger partial charge on any atom is 0.310 e. The van der Waals surface area contributed by atoms with E-state index in [4.69, 9.17) is 4.74 Å². The topological polar surface area (TPSA) is 87.1 Å². The second kappa shape index (κ2) is 14.2. The number of carbonyl (C=O) groups excluding carboxylic acids is 3. The summed E-state index contributed by atoms with van der Waals surface area (Å²) in [6.07, 6.45) is 10.8. The number of halogens is 1. The second-order valence-electron chi connectivity index (χ2n) is 10.4. The molecule has 3 aliphatic heterocycles. The molecule has 6 atom stereocenters. The number of allylic oxidation sites excluding steroid dienone is 1. The summed E-state index contributed by atoms with van der Waals surface area (Å²) in [7, 11) is 0. The predicted octanol–water partition coefficient (Wildman–Crippen LogP) is 4.33. The number of unbranched alkanes of at least 4 members (excludes halogenated alkanes) is 5. The summed E-state index contributed by atoms with van der Waals surface area (Å²) >= 11 is 5.45. The van der Waals surface area contributed by atoms with Crippen LogP contribution in [0.3, 0.4) is 0 Å². The number of esters is 1. The fraction of sp³-hybridized carbons (Fsp3) is 0.750.